The third-order valence-corrected chi connectivity index (χ3v) is 9.16. The molecular weight excluding hydrogens is 694 g/mol. The Bertz CT molecular complexity index is 1980. The van der Waals surface area contributed by atoms with Gasteiger partial charge >= 0.3 is 0 Å². The van der Waals surface area contributed by atoms with Crippen LogP contribution in [0, 0.1) is 19.8 Å². The summed E-state index contributed by atoms with van der Waals surface area (Å²) < 4.78 is 11.4. The maximum absolute atomic E-state index is 13.8. The first-order valence-electron chi connectivity index (χ1n) is 17.9. The highest BCUT2D eigenvalue weighted by molar-refractivity contribution is 6.07. The summed E-state index contributed by atoms with van der Waals surface area (Å²) in [6.45, 7) is 9.74. The van der Waals surface area contributed by atoms with Crippen LogP contribution in [0.15, 0.2) is 65.2 Å². The largest absolute Gasteiger partial charge is 0.491 e. The summed E-state index contributed by atoms with van der Waals surface area (Å²) in [6, 6.07) is 12.8. The highest BCUT2D eigenvalue weighted by atomic mass is 16.5. The highest BCUT2D eigenvalue weighted by Gasteiger charge is 2.34. The van der Waals surface area contributed by atoms with Gasteiger partial charge in [-0.05, 0) is 69.4 Å². The van der Waals surface area contributed by atoms with Crippen LogP contribution in [0.2, 0.25) is 0 Å². The SMILES string of the molecule is Cc1cc(C(=O)N[C@H]2Cc3ccc(cc3)OC[C@H](Cc3ccccc3)NC(=O)[C@@H](C(C)C)NC(=O)[C@H]([C@@H](C)O)NC(=O)[C@@H](C)NC2=O)c2c(C)noc2n1. The monoisotopic (exact) mass is 741 g/mol. The van der Waals surface area contributed by atoms with Gasteiger partial charge in [-0.2, -0.15) is 0 Å². The minimum atomic E-state index is -1.46. The van der Waals surface area contributed by atoms with Crippen molar-refractivity contribution in [3.05, 3.63) is 88.7 Å². The molecule has 6 N–H and O–H groups in total. The number of amides is 5. The van der Waals surface area contributed by atoms with Crippen LogP contribution < -0.4 is 31.3 Å². The fourth-order valence-electron chi connectivity index (χ4n) is 6.18. The zero-order chi connectivity index (χ0) is 39.1. The Hall–Kier alpha value is -5.83. The second-order valence-corrected chi connectivity index (χ2v) is 14.0. The van der Waals surface area contributed by atoms with E-state index in [1.807, 2.05) is 30.3 Å². The topological polar surface area (TPSA) is 214 Å². The number of aliphatic hydroxyl groups excluding tert-OH is 1. The van der Waals surface area contributed by atoms with Gasteiger partial charge in [-0.15, -0.1) is 0 Å². The Kier molecular flexibility index (Phi) is 12.6. The highest BCUT2D eigenvalue weighted by Crippen LogP contribution is 2.22. The number of ether oxygens (including phenoxy) is 1. The van der Waals surface area contributed by atoms with E-state index in [1.165, 1.54) is 13.8 Å². The molecule has 2 aromatic heterocycles. The number of pyridine rings is 1. The molecule has 5 amide bonds. The van der Waals surface area contributed by atoms with E-state index >= 15 is 0 Å². The van der Waals surface area contributed by atoms with Crippen LogP contribution in [0.5, 0.6) is 5.75 Å². The van der Waals surface area contributed by atoms with Crippen molar-refractivity contribution < 1.29 is 38.3 Å². The maximum Gasteiger partial charge on any atom is 0.258 e. The fourth-order valence-corrected chi connectivity index (χ4v) is 6.18. The predicted molar refractivity (Wildman–Crippen MR) is 198 cm³/mol. The molecule has 2 bridgehead atoms. The normalized spacial score (nSPS) is 22.4. The number of nitrogens with one attached hydrogen (secondary N) is 5. The van der Waals surface area contributed by atoms with Crippen molar-refractivity contribution in [2.45, 2.75) is 90.7 Å². The van der Waals surface area contributed by atoms with Gasteiger partial charge in [0.1, 0.15) is 36.5 Å². The zero-order valence-electron chi connectivity index (χ0n) is 31.1. The number of carbonyl (C=O) groups is 5. The van der Waals surface area contributed by atoms with Crippen molar-refractivity contribution in [2.75, 3.05) is 6.61 Å². The van der Waals surface area contributed by atoms with Crippen LogP contribution in [0.3, 0.4) is 0 Å². The number of aromatic nitrogens is 2. The lowest BCUT2D eigenvalue weighted by Gasteiger charge is -2.29. The van der Waals surface area contributed by atoms with Gasteiger partial charge in [0.2, 0.25) is 23.6 Å². The van der Waals surface area contributed by atoms with Crippen molar-refractivity contribution >= 4 is 40.6 Å². The second kappa shape index (κ2) is 17.3. The summed E-state index contributed by atoms with van der Waals surface area (Å²) in [4.78, 5) is 72.6. The lowest BCUT2D eigenvalue weighted by molar-refractivity contribution is -0.136. The Labute approximate surface area is 313 Å². The first kappa shape index (κ1) is 39.4. The standard InChI is InChI=1S/C39H47N7O8/c1-20(2)32-37(51)42-27(17-25-10-8-7-9-11-25)19-53-28-14-12-26(13-15-28)18-30(36(50)41-23(5)34(48)45-33(24(6)47)38(52)44-32)43-35(49)29-16-21(3)40-39-31(29)22(4)46-54-39/h7-16,20,23-24,27,30,32-33,47H,17-19H2,1-6H3,(H,41,50)(H,42,51)(H,43,49)(H,44,52)(H,45,48)/t23-,24-,27+,30+,32-,33+/m1/s1. The molecule has 0 saturated carbocycles. The Morgan fingerprint density at radius 2 is 1.56 bits per heavy atom. The van der Waals surface area contributed by atoms with Crippen molar-refractivity contribution in [2.24, 2.45) is 5.92 Å². The molecule has 15 nitrogen and oxygen atoms in total. The van der Waals surface area contributed by atoms with Gasteiger partial charge in [-0.25, -0.2) is 4.98 Å². The van der Waals surface area contributed by atoms with Crippen LogP contribution in [0.1, 0.15) is 60.6 Å². The molecule has 2 aliphatic heterocycles. The van der Waals surface area contributed by atoms with Crippen LogP contribution >= 0.6 is 0 Å². The molecule has 0 fully saturated rings. The first-order valence-corrected chi connectivity index (χ1v) is 17.9. The van der Waals surface area contributed by atoms with Crippen molar-refractivity contribution in [3.63, 3.8) is 0 Å². The van der Waals surface area contributed by atoms with Crippen LogP contribution in [0.4, 0.5) is 0 Å². The van der Waals surface area contributed by atoms with E-state index in [4.69, 9.17) is 9.26 Å². The molecule has 0 radical (unpaired) electrons. The molecule has 286 valence electrons. The Morgan fingerprint density at radius 3 is 2.22 bits per heavy atom. The van der Waals surface area contributed by atoms with Gasteiger partial charge in [-0.3, -0.25) is 24.0 Å². The minimum absolute atomic E-state index is 0.0318. The second-order valence-electron chi connectivity index (χ2n) is 14.0. The number of hydrogen-bond acceptors (Lipinski definition) is 10. The van der Waals surface area contributed by atoms with E-state index < -0.39 is 65.8 Å². The summed E-state index contributed by atoms with van der Waals surface area (Å²) in [5, 5.41) is 28.5. The number of hydrogen-bond donors (Lipinski definition) is 6. The van der Waals surface area contributed by atoms with Crippen molar-refractivity contribution in [3.8, 4) is 5.75 Å². The van der Waals surface area contributed by atoms with Crippen molar-refractivity contribution in [1.82, 2.24) is 36.7 Å². The molecule has 6 atom stereocenters. The average Bonchev–Trinajstić information content (AvgIpc) is 3.50. The van der Waals surface area contributed by atoms with Gasteiger partial charge in [0.05, 0.1) is 28.8 Å². The summed E-state index contributed by atoms with van der Waals surface area (Å²) in [6.07, 6.45) is -0.896. The van der Waals surface area contributed by atoms with Crippen LogP contribution in [-0.4, -0.2) is 87.7 Å². The number of benzene rings is 2. The first-order chi connectivity index (χ1) is 25.7. The molecule has 6 rings (SSSR count). The Balaban J connectivity index is 1.47. The molecule has 54 heavy (non-hydrogen) atoms. The van der Waals surface area contributed by atoms with Crippen molar-refractivity contribution in [1.29, 1.82) is 0 Å². The predicted octanol–water partition coefficient (Wildman–Crippen LogP) is 1.81. The average molecular weight is 742 g/mol. The van der Waals surface area contributed by atoms with Gasteiger partial charge in [0.15, 0.2) is 0 Å². The lowest BCUT2D eigenvalue weighted by atomic mass is 10.0. The summed E-state index contributed by atoms with van der Waals surface area (Å²) in [5.74, 6) is -3.15. The molecular formula is C39H47N7O8. The van der Waals surface area contributed by atoms with Gasteiger partial charge < -0.3 is 41.0 Å². The van der Waals surface area contributed by atoms with Crippen LogP contribution in [-0.2, 0) is 32.0 Å². The lowest BCUT2D eigenvalue weighted by Crippen LogP contribution is -2.61. The van der Waals surface area contributed by atoms with Crippen LogP contribution in [0.25, 0.3) is 11.1 Å². The zero-order valence-corrected chi connectivity index (χ0v) is 31.1. The fraction of sp³-hybridized carbons (Fsp3) is 0.410. The molecule has 0 unspecified atom stereocenters. The number of aliphatic hydroxyl groups is 1. The van der Waals surface area contributed by atoms with E-state index in [0.717, 1.165) is 5.56 Å². The molecule has 2 aromatic carbocycles. The smallest absolute Gasteiger partial charge is 0.258 e. The molecule has 0 saturated heterocycles. The summed E-state index contributed by atoms with van der Waals surface area (Å²) in [5.41, 5.74) is 2.99. The molecule has 4 heterocycles. The number of nitrogens with zero attached hydrogens (tertiary/aromatic N) is 2. The summed E-state index contributed by atoms with van der Waals surface area (Å²) in [7, 11) is 0. The molecule has 0 aliphatic carbocycles. The number of carbonyl (C=O) groups excluding carboxylic acids is 5. The van der Waals surface area contributed by atoms with E-state index in [1.54, 1.807) is 58.0 Å². The Morgan fingerprint density at radius 1 is 0.889 bits per heavy atom. The molecule has 15 heteroatoms. The third-order valence-electron chi connectivity index (χ3n) is 9.16. The maximum atomic E-state index is 13.8. The summed E-state index contributed by atoms with van der Waals surface area (Å²) >= 11 is 0. The van der Waals surface area contributed by atoms with Gasteiger partial charge in [-0.1, -0.05) is 61.5 Å². The number of fused-ring (bicyclic) bond motifs is 18. The molecule has 4 aromatic rings. The number of rotatable bonds is 6. The van der Waals surface area contributed by atoms with E-state index in [2.05, 4.69) is 36.7 Å². The van der Waals surface area contributed by atoms with E-state index in [-0.39, 0.29) is 30.2 Å². The van der Waals surface area contributed by atoms with E-state index in [9.17, 15) is 29.1 Å². The molecule has 0 spiro atoms. The minimum Gasteiger partial charge on any atom is -0.491 e. The number of aryl methyl sites for hydroxylation is 2. The third kappa shape index (κ3) is 9.77. The van der Waals surface area contributed by atoms with E-state index in [0.29, 0.717) is 34.5 Å². The molecule has 2 aliphatic rings. The van der Waals surface area contributed by atoms with Gasteiger partial charge in [0.25, 0.3) is 11.6 Å². The van der Waals surface area contributed by atoms with Gasteiger partial charge in [0, 0.05) is 12.1 Å². The quantitative estimate of drug-likeness (QED) is 0.158.